The Labute approximate surface area is 166 Å². The molecule has 27 heavy (non-hydrogen) atoms. The van der Waals surface area contributed by atoms with Gasteiger partial charge in [0.1, 0.15) is 16.7 Å². The van der Waals surface area contributed by atoms with Gasteiger partial charge in [0.2, 0.25) is 0 Å². The molecule has 0 saturated carbocycles. The minimum atomic E-state index is -0.420. The molecule has 1 saturated heterocycles. The molecule has 9 nitrogen and oxygen atoms in total. The number of nitrogens with two attached hydrogens (primary N) is 1. The molecule has 1 amide bonds. The van der Waals surface area contributed by atoms with Gasteiger partial charge in [-0.05, 0) is 13.3 Å². The fourth-order valence-electron chi connectivity index (χ4n) is 3.78. The molecule has 146 valence electrons. The van der Waals surface area contributed by atoms with E-state index in [1.807, 2.05) is 12.5 Å². The van der Waals surface area contributed by atoms with Crippen molar-refractivity contribution in [3.63, 3.8) is 0 Å². The van der Waals surface area contributed by atoms with E-state index < -0.39 is 5.54 Å². The summed E-state index contributed by atoms with van der Waals surface area (Å²) >= 11 is 3.26. The second-order valence-electron chi connectivity index (χ2n) is 7.08. The van der Waals surface area contributed by atoms with E-state index in [2.05, 4.69) is 27.3 Å². The Hall–Kier alpha value is -1.72. The maximum atomic E-state index is 12.4. The molecule has 1 aromatic heterocycles. The maximum absolute atomic E-state index is 12.4. The Morgan fingerprint density at radius 3 is 3.04 bits per heavy atom. The average Bonchev–Trinajstić information content (AvgIpc) is 3.22. The largest absolute Gasteiger partial charge is 0.379 e. The van der Waals surface area contributed by atoms with Crippen LogP contribution in [0.25, 0.3) is 0 Å². The quantitative estimate of drug-likeness (QED) is 0.746. The third-order valence-electron chi connectivity index (χ3n) is 5.22. The first kappa shape index (κ1) is 18.6. The van der Waals surface area contributed by atoms with Crippen molar-refractivity contribution < 1.29 is 9.53 Å². The molecule has 0 aromatic carbocycles. The lowest BCUT2D eigenvalue weighted by Gasteiger charge is -2.50. The van der Waals surface area contributed by atoms with Crippen LogP contribution in [0.5, 0.6) is 0 Å². The number of hydrogen-bond acceptors (Lipinski definition) is 9. The smallest absolute Gasteiger partial charge is 0.278 e. The standard InChI is InChI=1S/C16H23N7O2S2/c1-9-4-10-6-27-15(17)20-16(10,8-25-9)14-22(2)12(7-26-14)19-13(24)11-5-18-23(3)21-11/h5,7,9-10,14H,4,6,8H2,1-3H3,(H2,17,20)(H,19,24)/t9-,10-,14?,16-/m0/s1. The first-order valence-corrected chi connectivity index (χ1v) is 10.7. The zero-order valence-electron chi connectivity index (χ0n) is 15.5. The summed E-state index contributed by atoms with van der Waals surface area (Å²) in [5.41, 5.74) is 5.95. The van der Waals surface area contributed by atoms with Gasteiger partial charge in [-0.3, -0.25) is 9.79 Å². The van der Waals surface area contributed by atoms with E-state index in [-0.39, 0.29) is 23.1 Å². The van der Waals surface area contributed by atoms with Gasteiger partial charge in [-0.15, -0.1) is 16.9 Å². The first-order valence-electron chi connectivity index (χ1n) is 8.75. The Balaban J connectivity index is 1.53. The molecule has 0 aliphatic carbocycles. The maximum Gasteiger partial charge on any atom is 0.278 e. The fraction of sp³-hybridized carbons (Fsp3) is 0.625. The highest BCUT2D eigenvalue weighted by atomic mass is 32.2. The molecular formula is C16H23N7O2S2. The molecule has 1 aromatic rings. The number of carbonyl (C=O) groups is 1. The van der Waals surface area contributed by atoms with Crippen molar-refractivity contribution in [2.45, 2.75) is 30.4 Å². The highest BCUT2D eigenvalue weighted by Gasteiger charge is 2.54. The lowest BCUT2D eigenvalue weighted by Crippen LogP contribution is -2.61. The minimum absolute atomic E-state index is 0.00612. The molecule has 4 heterocycles. The van der Waals surface area contributed by atoms with E-state index in [1.165, 1.54) is 11.0 Å². The Kier molecular flexibility index (Phi) is 4.85. The summed E-state index contributed by atoms with van der Waals surface area (Å²) in [6.45, 7) is 2.63. The number of thioether (sulfide) groups is 2. The number of aromatic nitrogens is 3. The van der Waals surface area contributed by atoms with Crippen LogP contribution in [0.1, 0.15) is 23.8 Å². The number of fused-ring (bicyclic) bond motifs is 1. The molecule has 4 rings (SSSR count). The van der Waals surface area contributed by atoms with Crippen LogP contribution in [0.4, 0.5) is 0 Å². The Morgan fingerprint density at radius 1 is 1.48 bits per heavy atom. The predicted octanol–water partition coefficient (Wildman–Crippen LogP) is 0.574. The highest BCUT2D eigenvalue weighted by molar-refractivity contribution is 8.13. The lowest BCUT2D eigenvalue weighted by molar-refractivity contribution is -0.0552. The lowest BCUT2D eigenvalue weighted by atomic mass is 9.79. The van der Waals surface area contributed by atoms with Crippen LogP contribution in [0.15, 0.2) is 22.4 Å². The molecule has 1 fully saturated rings. The van der Waals surface area contributed by atoms with Gasteiger partial charge in [-0.1, -0.05) is 11.8 Å². The summed E-state index contributed by atoms with van der Waals surface area (Å²) in [7, 11) is 3.64. The minimum Gasteiger partial charge on any atom is -0.379 e. The Bertz CT molecular complexity index is 810. The van der Waals surface area contributed by atoms with Crippen molar-refractivity contribution in [2.75, 3.05) is 19.4 Å². The number of amides is 1. The average molecular weight is 410 g/mol. The van der Waals surface area contributed by atoms with Crippen LogP contribution in [0, 0.1) is 5.92 Å². The first-order chi connectivity index (χ1) is 12.9. The van der Waals surface area contributed by atoms with E-state index in [1.54, 1.807) is 30.6 Å². The van der Waals surface area contributed by atoms with Crippen LogP contribution >= 0.6 is 23.5 Å². The number of rotatable bonds is 3. The number of amidine groups is 1. The molecule has 0 radical (unpaired) electrons. The van der Waals surface area contributed by atoms with Gasteiger partial charge in [-0.2, -0.15) is 9.90 Å². The van der Waals surface area contributed by atoms with Gasteiger partial charge in [0.15, 0.2) is 10.9 Å². The third-order valence-corrected chi connectivity index (χ3v) is 7.51. The number of ether oxygens (including phenoxy) is 1. The van der Waals surface area contributed by atoms with Crippen LogP contribution in [0.3, 0.4) is 0 Å². The van der Waals surface area contributed by atoms with Crippen molar-refractivity contribution in [1.29, 1.82) is 0 Å². The van der Waals surface area contributed by atoms with E-state index in [0.29, 0.717) is 17.7 Å². The number of nitrogens with one attached hydrogen (secondary N) is 1. The molecule has 11 heteroatoms. The third kappa shape index (κ3) is 3.32. The molecular weight excluding hydrogens is 386 g/mol. The summed E-state index contributed by atoms with van der Waals surface area (Å²) in [6.07, 6.45) is 2.62. The molecule has 1 unspecified atom stereocenters. The molecule has 0 spiro atoms. The van der Waals surface area contributed by atoms with Crippen molar-refractivity contribution in [2.24, 2.45) is 23.7 Å². The van der Waals surface area contributed by atoms with Crippen molar-refractivity contribution in [3.8, 4) is 0 Å². The van der Waals surface area contributed by atoms with Gasteiger partial charge in [0, 0.05) is 31.2 Å². The van der Waals surface area contributed by atoms with Gasteiger partial charge < -0.3 is 20.7 Å². The monoisotopic (exact) mass is 409 g/mol. The second kappa shape index (κ2) is 7.02. The molecule has 4 atom stereocenters. The highest BCUT2D eigenvalue weighted by Crippen LogP contribution is 2.48. The van der Waals surface area contributed by atoms with Crippen molar-refractivity contribution in [3.05, 3.63) is 23.1 Å². The van der Waals surface area contributed by atoms with E-state index >= 15 is 0 Å². The zero-order chi connectivity index (χ0) is 19.2. The van der Waals surface area contributed by atoms with Gasteiger partial charge in [0.25, 0.3) is 5.91 Å². The van der Waals surface area contributed by atoms with E-state index in [9.17, 15) is 4.79 Å². The van der Waals surface area contributed by atoms with Crippen molar-refractivity contribution >= 4 is 34.6 Å². The summed E-state index contributed by atoms with van der Waals surface area (Å²) in [5.74, 6) is 1.75. The van der Waals surface area contributed by atoms with Crippen LogP contribution in [0.2, 0.25) is 0 Å². The van der Waals surface area contributed by atoms with Crippen LogP contribution in [-0.4, -0.2) is 67.4 Å². The molecule has 3 aliphatic rings. The predicted molar refractivity (Wildman–Crippen MR) is 106 cm³/mol. The fourth-order valence-corrected chi connectivity index (χ4v) is 6.14. The second-order valence-corrected chi connectivity index (χ2v) is 9.08. The van der Waals surface area contributed by atoms with E-state index in [4.69, 9.17) is 15.5 Å². The number of likely N-dealkylation sites (N-methyl/N-ethyl adjacent to an activating group) is 1. The number of aryl methyl sites for hydroxylation is 1. The van der Waals surface area contributed by atoms with Crippen LogP contribution < -0.4 is 11.1 Å². The van der Waals surface area contributed by atoms with Gasteiger partial charge in [0.05, 0.1) is 18.9 Å². The number of nitrogens with zero attached hydrogens (tertiary/aromatic N) is 5. The topological polar surface area (TPSA) is 111 Å². The number of carbonyl (C=O) groups excluding carboxylic acids is 1. The van der Waals surface area contributed by atoms with E-state index in [0.717, 1.165) is 18.0 Å². The van der Waals surface area contributed by atoms with Gasteiger partial charge in [-0.25, -0.2) is 0 Å². The summed E-state index contributed by atoms with van der Waals surface area (Å²) < 4.78 is 6.00. The number of hydrogen-bond donors (Lipinski definition) is 2. The summed E-state index contributed by atoms with van der Waals surface area (Å²) in [6, 6.07) is 0. The number of aliphatic imine (C=N–C) groups is 1. The summed E-state index contributed by atoms with van der Waals surface area (Å²) in [4.78, 5) is 20.7. The van der Waals surface area contributed by atoms with Crippen molar-refractivity contribution in [1.82, 2.24) is 25.2 Å². The normalized spacial score (nSPS) is 33.3. The van der Waals surface area contributed by atoms with Crippen LogP contribution in [-0.2, 0) is 11.8 Å². The molecule has 3 N–H and O–H groups in total. The molecule has 0 bridgehead atoms. The zero-order valence-corrected chi connectivity index (χ0v) is 17.1. The summed E-state index contributed by atoms with van der Waals surface area (Å²) in [5, 5.41) is 13.5. The molecule has 3 aliphatic heterocycles. The Morgan fingerprint density at radius 2 is 2.30 bits per heavy atom. The van der Waals surface area contributed by atoms with Gasteiger partial charge >= 0.3 is 0 Å². The SMILES string of the molecule is C[C@H]1C[C@H]2CSC(N)=N[C@@]2(C2SC=C(NC(=O)c3cnn(C)n3)N2C)CO1.